The quantitative estimate of drug-likeness (QED) is 0.126. The van der Waals surface area contributed by atoms with Crippen molar-refractivity contribution in [2.45, 2.75) is 105 Å². The van der Waals surface area contributed by atoms with Gasteiger partial charge in [0.25, 0.3) is 11.8 Å². The summed E-state index contributed by atoms with van der Waals surface area (Å²) >= 11 is 0. The van der Waals surface area contributed by atoms with Crippen LogP contribution in [0.4, 0.5) is 0 Å². The predicted molar refractivity (Wildman–Crippen MR) is 171 cm³/mol. The first-order valence-electron chi connectivity index (χ1n) is 16.4. The van der Waals surface area contributed by atoms with Crippen molar-refractivity contribution in [1.82, 2.24) is 19.6 Å². The van der Waals surface area contributed by atoms with Gasteiger partial charge in [0.1, 0.15) is 0 Å². The molecule has 6 nitrogen and oxygen atoms in total. The number of likely N-dealkylation sites (N-methyl/N-ethyl adjacent to an activating group) is 4. The molecule has 1 rings (SSSR count). The predicted octanol–water partition coefficient (Wildman–Crippen LogP) is 7.20. The number of carbonyl (C=O) groups is 2. The van der Waals surface area contributed by atoms with E-state index in [1.807, 2.05) is 14.1 Å². The Morgan fingerprint density at radius 1 is 0.475 bits per heavy atom. The van der Waals surface area contributed by atoms with Crippen LogP contribution in [0.2, 0.25) is 0 Å². The van der Waals surface area contributed by atoms with Crippen LogP contribution in [0.3, 0.4) is 0 Å². The average Bonchev–Trinajstić information content (AvgIpc) is 2.98. The van der Waals surface area contributed by atoms with Gasteiger partial charge >= 0.3 is 0 Å². The molecule has 0 saturated heterocycles. The Morgan fingerprint density at radius 2 is 0.800 bits per heavy atom. The van der Waals surface area contributed by atoms with Gasteiger partial charge in [-0.15, -0.1) is 0 Å². The van der Waals surface area contributed by atoms with Gasteiger partial charge in [-0.05, 0) is 63.3 Å². The normalized spacial score (nSPS) is 11.4. The molecule has 0 N–H and O–H groups in total. The highest BCUT2D eigenvalue weighted by atomic mass is 16.2. The standard InChI is InChI=1S/C34H62N4O2/c1-7-11-13-15-17-19-25-37(9-3)29-27-35(5)33(39)31-21-23-32(24-22-31)34(40)36(6)28-30-38(10-4)26-20-18-16-14-12-8-2/h21-24H,7-20,25-30H2,1-6H3. The summed E-state index contributed by atoms with van der Waals surface area (Å²) in [5.41, 5.74) is 1.27. The molecule has 0 aliphatic rings. The highest BCUT2D eigenvalue weighted by Crippen LogP contribution is 2.11. The summed E-state index contributed by atoms with van der Waals surface area (Å²) in [6.45, 7) is 16.3. The number of nitrogens with zero attached hydrogens (tertiary/aromatic N) is 4. The Labute approximate surface area is 247 Å². The summed E-state index contributed by atoms with van der Waals surface area (Å²) in [4.78, 5) is 34.5. The Balaban J connectivity index is 2.44. The molecule has 2 amide bonds. The van der Waals surface area contributed by atoms with E-state index in [4.69, 9.17) is 0 Å². The zero-order valence-corrected chi connectivity index (χ0v) is 27.1. The number of hydrogen-bond donors (Lipinski definition) is 0. The van der Waals surface area contributed by atoms with Gasteiger partial charge in [0.15, 0.2) is 0 Å². The second-order valence-corrected chi connectivity index (χ2v) is 11.4. The number of benzene rings is 1. The fourth-order valence-corrected chi connectivity index (χ4v) is 5.07. The first-order valence-corrected chi connectivity index (χ1v) is 16.4. The maximum absolute atomic E-state index is 13.0. The van der Waals surface area contributed by atoms with E-state index in [9.17, 15) is 9.59 Å². The molecule has 6 heteroatoms. The lowest BCUT2D eigenvalue weighted by atomic mass is 10.1. The smallest absolute Gasteiger partial charge is 0.253 e. The van der Waals surface area contributed by atoms with Crippen molar-refractivity contribution in [3.63, 3.8) is 0 Å². The molecule has 0 bridgehead atoms. The summed E-state index contributed by atoms with van der Waals surface area (Å²) in [5.74, 6) is 0.0208. The summed E-state index contributed by atoms with van der Waals surface area (Å²) < 4.78 is 0. The van der Waals surface area contributed by atoms with E-state index < -0.39 is 0 Å². The van der Waals surface area contributed by atoms with Gasteiger partial charge in [0, 0.05) is 51.4 Å². The summed E-state index contributed by atoms with van der Waals surface area (Å²) in [6.07, 6.45) is 15.6. The molecule has 0 atom stereocenters. The number of amides is 2. The third-order valence-electron chi connectivity index (χ3n) is 8.13. The minimum absolute atomic E-state index is 0.0104. The largest absolute Gasteiger partial charge is 0.340 e. The SMILES string of the molecule is CCCCCCCCN(CC)CCN(C)C(=O)c1ccc(C(=O)N(C)CCN(CC)CCCCCCCC)cc1. The van der Waals surface area contributed by atoms with E-state index in [0.29, 0.717) is 24.2 Å². The highest BCUT2D eigenvalue weighted by molar-refractivity contribution is 5.97. The zero-order valence-electron chi connectivity index (χ0n) is 27.1. The van der Waals surface area contributed by atoms with Crippen LogP contribution >= 0.6 is 0 Å². The van der Waals surface area contributed by atoms with E-state index >= 15 is 0 Å². The molecular weight excluding hydrogens is 496 g/mol. The average molecular weight is 559 g/mol. The minimum atomic E-state index is 0.0104. The molecule has 0 aromatic heterocycles. The Hall–Kier alpha value is -1.92. The van der Waals surface area contributed by atoms with Crippen molar-refractivity contribution >= 4 is 11.8 Å². The lowest BCUT2D eigenvalue weighted by Crippen LogP contribution is -2.37. The number of carbonyl (C=O) groups excluding carboxylic acids is 2. The van der Waals surface area contributed by atoms with Gasteiger partial charge in [-0.25, -0.2) is 0 Å². The molecular formula is C34H62N4O2. The topological polar surface area (TPSA) is 47.1 Å². The number of rotatable bonds is 24. The monoisotopic (exact) mass is 558 g/mol. The van der Waals surface area contributed by atoms with Crippen LogP contribution in [0.15, 0.2) is 24.3 Å². The fraction of sp³-hybridized carbons (Fsp3) is 0.765. The fourth-order valence-electron chi connectivity index (χ4n) is 5.07. The molecule has 40 heavy (non-hydrogen) atoms. The maximum atomic E-state index is 13.0. The molecule has 1 aromatic rings. The molecule has 0 aliphatic carbocycles. The van der Waals surface area contributed by atoms with Crippen molar-refractivity contribution in [3.8, 4) is 0 Å². The van der Waals surface area contributed by atoms with Crippen LogP contribution in [-0.2, 0) is 0 Å². The zero-order chi connectivity index (χ0) is 29.6. The van der Waals surface area contributed by atoms with Gasteiger partial charge in [-0.2, -0.15) is 0 Å². The molecule has 0 aliphatic heterocycles. The second kappa shape index (κ2) is 22.7. The first-order chi connectivity index (χ1) is 19.4. The van der Waals surface area contributed by atoms with Crippen LogP contribution in [0.1, 0.15) is 125 Å². The number of hydrogen-bond acceptors (Lipinski definition) is 4. The first kappa shape index (κ1) is 36.1. The van der Waals surface area contributed by atoms with Crippen molar-refractivity contribution in [2.75, 3.05) is 66.5 Å². The molecule has 0 fully saturated rings. The van der Waals surface area contributed by atoms with E-state index in [-0.39, 0.29) is 11.8 Å². The van der Waals surface area contributed by atoms with E-state index in [0.717, 1.165) is 39.3 Å². The molecule has 0 heterocycles. The number of unbranched alkanes of at least 4 members (excludes halogenated alkanes) is 10. The molecule has 230 valence electrons. The van der Waals surface area contributed by atoms with Crippen molar-refractivity contribution in [3.05, 3.63) is 35.4 Å². The van der Waals surface area contributed by atoms with Crippen LogP contribution in [-0.4, -0.2) is 97.9 Å². The van der Waals surface area contributed by atoms with Crippen molar-refractivity contribution in [2.24, 2.45) is 0 Å². The minimum Gasteiger partial charge on any atom is -0.340 e. The van der Waals surface area contributed by atoms with E-state index in [1.54, 1.807) is 34.1 Å². The van der Waals surface area contributed by atoms with Gasteiger partial charge in [0.2, 0.25) is 0 Å². The third kappa shape index (κ3) is 15.2. The van der Waals surface area contributed by atoms with E-state index in [1.165, 1.54) is 77.0 Å². The van der Waals surface area contributed by atoms with Gasteiger partial charge in [-0.3, -0.25) is 9.59 Å². The molecule has 0 radical (unpaired) electrons. The third-order valence-corrected chi connectivity index (χ3v) is 8.13. The highest BCUT2D eigenvalue weighted by Gasteiger charge is 2.16. The summed E-state index contributed by atoms with van der Waals surface area (Å²) in [6, 6.07) is 7.19. The lowest BCUT2D eigenvalue weighted by molar-refractivity contribution is 0.0767. The molecule has 0 unspecified atom stereocenters. The van der Waals surface area contributed by atoms with Gasteiger partial charge < -0.3 is 19.6 Å². The summed E-state index contributed by atoms with van der Waals surface area (Å²) in [7, 11) is 3.75. The van der Waals surface area contributed by atoms with E-state index in [2.05, 4.69) is 37.5 Å². The van der Waals surface area contributed by atoms with Crippen molar-refractivity contribution in [1.29, 1.82) is 0 Å². The van der Waals surface area contributed by atoms with Crippen LogP contribution in [0.25, 0.3) is 0 Å². The Bertz CT molecular complexity index is 718. The molecule has 1 aromatic carbocycles. The Kier molecular flexibility index (Phi) is 20.5. The van der Waals surface area contributed by atoms with Gasteiger partial charge in [-0.1, -0.05) is 91.9 Å². The summed E-state index contributed by atoms with van der Waals surface area (Å²) in [5, 5.41) is 0. The molecule has 0 saturated carbocycles. The Morgan fingerprint density at radius 3 is 1.12 bits per heavy atom. The van der Waals surface area contributed by atoms with Crippen LogP contribution in [0, 0.1) is 0 Å². The van der Waals surface area contributed by atoms with Crippen molar-refractivity contribution < 1.29 is 9.59 Å². The van der Waals surface area contributed by atoms with Crippen LogP contribution in [0.5, 0.6) is 0 Å². The maximum Gasteiger partial charge on any atom is 0.253 e. The second-order valence-electron chi connectivity index (χ2n) is 11.4. The van der Waals surface area contributed by atoms with Crippen LogP contribution < -0.4 is 0 Å². The molecule has 0 spiro atoms. The lowest BCUT2D eigenvalue weighted by Gasteiger charge is -2.25. The van der Waals surface area contributed by atoms with Gasteiger partial charge in [0.05, 0.1) is 0 Å².